The molecule has 0 radical (unpaired) electrons. The Morgan fingerprint density at radius 3 is 2.38 bits per heavy atom. The Hall–Kier alpha value is -2.28. The van der Waals surface area contributed by atoms with Crippen LogP contribution >= 0.6 is 11.6 Å². The fourth-order valence-electron chi connectivity index (χ4n) is 3.75. The molecule has 2 aromatic carbocycles. The second-order valence-corrected chi connectivity index (χ2v) is 8.51. The van der Waals surface area contributed by atoms with E-state index in [1.165, 1.54) is 25.1 Å². The normalized spacial score (nSPS) is 15.6. The smallest absolute Gasteiger partial charge is 0.0998 e. The molecule has 2 aromatic rings. The first-order valence-corrected chi connectivity index (χ1v) is 10.9. The first-order chi connectivity index (χ1) is 14.1. The number of anilines is 1. The molecule has 29 heavy (non-hydrogen) atoms. The minimum Gasteiger partial charge on any atom is -0.369 e. The number of rotatable bonds is 7. The predicted molar refractivity (Wildman–Crippen MR) is 124 cm³/mol. The van der Waals surface area contributed by atoms with Gasteiger partial charge in [0.2, 0.25) is 0 Å². The zero-order valence-electron chi connectivity index (χ0n) is 17.4. The summed E-state index contributed by atoms with van der Waals surface area (Å²) in [5.41, 5.74) is 3.62. The summed E-state index contributed by atoms with van der Waals surface area (Å²) >= 11 is 6.25. The maximum absolute atomic E-state index is 9.55. The minimum absolute atomic E-state index is 0.582. The first-order valence-electron chi connectivity index (χ1n) is 10.5. The largest absolute Gasteiger partial charge is 0.369 e. The van der Waals surface area contributed by atoms with Gasteiger partial charge in [0.05, 0.1) is 11.6 Å². The van der Waals surface area contributed by atoms with Crippen molar-refractivity contribution in [3.8, 4) is 6.07 Å². The summed E-state index contributed by atoms with van der Waals surface area (Å²) < 4.78 is 0. The summed E-state index contributed by atoms with van der Waals surface area (Å²) in [4.78, 5) is 5.03. The second kappa shape index (κ2) is 10.5. The number of allylic oxidation sites excluding steroid dienone is 1. The van der Waals surface area contributed by atoms with Gasteiger partial charge in [-0.15, -0.1) is 0 Å². The maximum atomic E-state index is 9.55. The van der Waals surface area contributed by atoms with Crippen molar-refractivity contribution in [1.82, 2.24) is 4.90 Å². The molecule has 0 atom stereocenters. The molecule has 0 N–H and O–H groups in total. The molecule has 0 bridgehead atoms. The van der Waals surface area contributed by atoms with Gasteiger partial charge in [0, 0.05) is 42.5 Å². The number of benzene rings is 2. The summed E-state index contributed by atoms with van der Waals surface area (Å²) in [5, 5.41) is 10.2. The molecule has 1 aliphatic heterocycles. The zero-order valence-corrected chi connectivity index (χ0v) is 18.2. The maximum Gasteiger partial charge on any atom is 0.0998 e. The zero-order chi connectivity index (χ0) is 20.6. The summed E-state index contributed by atoms with van der Waals surface area (Å²) in [6.45, 7) is 10.2. The fourth-order valence-corrected chi connectivity index (χ4v) is 3.99. The van der Waals surface area contributed by atoms with E-state index in [2.05, 4.69) is 54.0 Å². The van der Waals surface area contributed by atoms with Crippen LogP contribution in [-0.2, 0) is 0 Å². The van der Waals surface area contributed by atoms with Gasteiger partial charge in [-0.25, -0.2) is 0 Å². The van der Waals surface area contributed by atoms with Gasteiger partial charge in [0.1, 0.15) is 0 Å². The van der Waals surface area contributed by atoms with E-state index in [9.17, 15) is 5.26 Å². The molecule has 0 unspecified atom stereocenters. The molecule has 0 saturated carbocycles. The standard InChI is InChI=1S/C25H30ClN3/c1-20(2)6-5-13-28-14-16-29(17-15-28)23-11-9-21(10-12-23)18-22(19-27)24-7-3-4-8-25(24)26/h3-4,7-12,18,20H,5-6,13-17H2,1-2H3. The Kier molecular flexibility index (Phi) is 7.75. The van der Waals surface area contributed by atoms with Crippen molar-refractivity contribution < 1.29 is 0 Å². The van der Waals surface area contributed by atoms with E-state index in [0.717, 1.165) is 43.2 Å². The fraction of sp³-hybridized carbons (Fsp3) is 0.400. The van der Waals surface area contributed by atoms with Crippen LogP contribution in [0.4, 0.5) is 5.69 Å². The molecule has 0 aromatic heterocycles. The molecule has 3 nitrogen and oxygen atoms in total. The average molecular weight is 408 g/mol. The summed E-state index contributed by atoms with van der Waals surface area (Å²) in [7, 11) is 0. The van der Waals surface area contributed by atoms with E-state index in [0.29, 0.717) is 10.6 Å². The average Bonchev–Trinajstić information content (AvgIpc) is 2.73. The van der Waals surface area contributed by atoms with E-state index in [-0.39, 0.29) is 0 Å². The number of halogens is 1. The third-order valence-corrected chi connectivity index (χ3v) is 5.81. The molecule has 0 aliphatic carbocycles. The molecule has 1 heterocycles. The summed E-state index contributed by atoms with van der Waals surface area (Å²) in [6.07, 6.45) is 4.51. The van der Waals surface area contributed by atoms with Crippen LogP contribution in [0.5, 0.6) is 0 Å². The highest BCUT2D eigenvalue weighted by atomic mass is 35.5. The Morgan fingerprint density at radius 2 is 1.76 bits per heavy atom. The highest BCUT2D eigenvalue weighted by Gasteiger charge is 2.17. The lowest BCUT2D eigenvalue weighted by Gasteiger charge is -2.36. The lowest BCUT2D eigenvalue weighted by atomic mass is 10.0. The van der Waals surface area contributed by atoms with Gasteiger partial charge < -0.3 is 4.90 Å². The third kappa shape index (κ3) is 6.10. The van der Waals surface area contributed by atoms with Crippen LogP contribution < -0.4 is 4.90 Å². The van der Waals surface area contributed by atoms with Crippen molar-refractivity contribution in [2.24, 2.45) is 5.92 Å². The molecule has 1 fully saturated rings. The Labute approximate surface area is 180 Å². The van der Waals surface area contributed by atoms with E-state index in [1.54, 1.807) is 0 Å². The quantitative estimate of drug-likeness (QED) is 0.418. The van der Waals surface area contributed by atoms with Gasteiger partial charge in [-0.05, 0) is 55.1 Å². The highest BCUT2D eigenvalue weighted by molar-refractivity contribution is 6.32. The number of hydrogen-bond donors (Lipinski definition) is 0. The molecule has 152 valence electrons. The van der Waals surface area contributed by atoms with Crippen molar-refractivity contribution in [2.45, 2.75) is 26.7 Å². The predicted octanol–water partition coefficient (Wildman–Crippen LogP) is 5.96. The number of nitrogens with zero attached hydrogens (tertiary/aromatic N) is 3. The van der Waals surface area contributed by atoms with Crippen LogP contribution in [0.2, 0.25) is 5.02 Å². The molecule has 0 amide bonds. The molecular formula is C25H30ClN3. The Bertz CT molecular complexity index is 856. The summed E-state index contributed by atoms with van der Waals surface area (Å²) in [5.74, 6) is 0.795. The van der Waals surface area contributed by atoms with E-state index in [1.807, 2.05) is 30.3 Å². The van der Waals surface area contributed by atoms with Gasteiger partial charge in [-0.2, -0.15) is 5.26 Å². The lowest BCUT2D eigenvalue weighted by molar-refractivity contribution is 0.248. The molecule has 0 spiro atoms. The minimum atomic E-state index is 0.582. The molecule has 1 aliphatic rings. The number of nitriles is 1. The van der Waals surface area contributed by atoms with Gasteiger partial charge in [-0.3, -0.25) is 4.90 Å². The van der Waals surface area contributed by atoms with Gasteiger partial charge in [-0.1, -0.05) is 55.8 Å². The SMILES string of the molecule is CC(C)CCCN1CCN(c2ccc(C=C(C#N)c3ccccc3Cl)cc2)CC1. The topological polar surface area (TPSA) is 30.3 Å². The highest BCUT2D eigenvalue weighted by Crippen LogP contribution is 2.26. The van der Waals surface area contributed by atoms with Crippen molar-refractivity contribution in [2.75, 3.05) is 37.6 Å². The van der Waals surface area contributed by atoms with E-state index >= 15 is 0 Å². The van der Waals surface area contributed by atoms with Crippen molar-refractivity contribution in [3.63, 3.8) is 0 Å². The summed E-state index contributed by atoms with van der Waals surface area (Å²) in [6, 6.07) is 18.2. The second-order valence-electron chi connectivity index (χ2n) is 8.11. The Balaban J connectivity index is 1.60. The van der Waals surface area contributed by atoms with E-state index in [4.69, 9.17) is 11.6 Å². The first kappa shape index (κ1) is 21.4. The Morgan fingerprint density at radius 1 is 1.07 bits per heavy atom. The monoisotopic (exact) mass is 407 g/mol. The van der Waals surface area contributed by atoms with Crippen molar-refractivity contribution >= 4 is 28.9 Å². The van der Waals surface area contributed by atoms with E-state index < -0.39 is 0 Å². The van der Waals surface area contributed by atoms with Crippen molar-refractivity contribution in [3.05, 3.63) is 64.7 Å². The van der Waals surface area contributed by atoms with Crippen LogP contribution in [0, 0.1) is 17.2 Å². The third-order valence-electron chi connectivity index (χ3n) is 5.48. The van der Waals surface area contributed by atoms with Gasteiger partial charge in [0.25, 0.3) is 0 Å². The number of hydrogen-bond acceptors (Lipinski definition) is 3. The lowest BCUT2D eigenvalue weighted by Crippen LogP contribution is -2.46. The molecule has 1 saturated heterocycles. The molecule has 3 rings (SSSR count). The van der Waals surface area contributed by atoms with Gasteiger partial charge >= 0.3 is 0 Å². The van der Waals surface area contributed by atoms with Crippen LogP contribution in [0.3, 0.4) is 0 Å². The number of piperazine rings is 1. The van der Waals surface area contributed by atoms with Crippen LogP contribution in [-0.4, -0.2) is 37.6 Å². The van der Waals surface area contributed by atoms with Crippen LogP contribution in [0.25, 0.3) is 11.6 Å². The van der Waals surface area contributed by atoms with Gasteiger partial charge in [0.15, 0.2) is 0 Å². The van der Waals surface area contributed by atoms with Crippen LogP contribution in [0.15, 0.2) is 48.5 Å². The van der Waals surface area contributed by atoms with Crippen LogP contribution in [0.1, 0.15) is 37.8 Å². The molecular weight excluding hydrogens is 378 g/mol. The van der Waals surface area contributed by atoms with Crippen molar-refractivity contribution in [1.29, 1.82) is 5.26 Å². The molecule has 4 heteroatoms.